The lowest BCUT2D eigenvalue weighted by molar-refractivity contribution is -0.828. The Hall–Kier alpha value is -7.91. The van der Waals surface area contributed by atoms with Gasteiger partial charge in [-0.1, -0.05) is 34.4 Å². The van der Waals surface area contributed by atoms with E-state index >= 15 is 0 Å². The number of aromatic nitrogens is 5. The molecule has 93 heavy (non-hydrogen) atoms. The first kappa shape index (κ1) is 74.1. The van der Waals surface area contributed by atoms with Crippen LogP contribution in [0.15, 0.2) is 65.9 Å². The molecule has 5 aromatic rings. The van der Waals surface area contributed by atoms with Gasteiger partial charge in [-0.05, 0) is 217 Å². The van der Waals surface area contributed by atoms with Gasteiger partial charge < -0.3 is 39.0 Å². The van der Waals surface area contributed by atoms with Gasteiger partial charge in [0.2, 0.25) is 29.5 Å². The number of aromatic amines is 2. The van der Waals surface area contributed by atoms with Gasteiger partial charge in [-0.3, -0.25) is 40.4 Å². The number of amides is 4. The van der Waals surface area contributed by atoms with Crippen molar-refractivity contribution in [1.29, 1.82) is 0 Å². The van der Waals surface area contributed by atoms with Crippen LogP contribution in [-0.2, 0) is 67.2 Å². The summed E-state index contributed by atoms with van der Waals surface area (Å²) in [6.45, 7) is 29.0. The highest BCUT2D eigenvalue weighted by molar-refractivity contribution is 7.80. The van der Waals surface area contributed by atoms with Crippen LogP contribution >= 0.6 is 12.2 Å². The second-order valence-electron chi connectivity index (χ2n) is 24.7. The van der Waals surface area contributed by atoms with E-state index < -0.39 is 23.0 Å². The Morgan fingerprint density at radius 1 is 0.634 bits per heavy atom. The highest BCUT2D eigenvalue weighted by Gasteiger charge is 2.37. The van der Waals surface area contributed by atoms with Gasteiger partial charge in [0.05, 0.1) is 34.4 Å². The van der Waals surface area contributed by atoms with E-state index in [0.29, 0.717) is 49.6 Å². The third-order valence-corrected chi connectivity index (χ3v) is 15.2. The van der Waals surface area contributed by atoms with Crippen molar-refractivity contribution < 1.29 is 83.9 Å². The Balaban J connectivity index is 0.000000266. The number of carbonyl (C=O) groups is 4. The van der Waals surface area contributed by atoms with Crippen molar-refractivity contribution in [1.82, 2.24) is 56.0 Å². The van der Waals surface area contributed by atoms with Crippen molar-refractivity contribution in [3.8, 4) is 34.3 Å². The summed E-state index contributed by atoms with van der Waals surface area (Å²) in [5.74, 6) is 1.92. The Bertz CT molecular complexity index is 3190. The molecule has 4 amide bonds. The van der Waals surface area contributed by atoms with E-state index in [9.17, 15) is 19.2 Å². The monoisotopic (exact) mass is 1320 g/mol. The van der Waals surface area contributed by atoms with E-state index in [1.165, 1.54) is 5.56 Å². The topological polar surface area (TPSA) is 339 Å². The Kier molecular flexibility index (Phi) is 29.1. The third kappa shape index (κ3) is 23.6. The lowest BCUT2D eigenvalue weighted by Gasteiger charge is -2.28. The summed E-state index contributed by atoms with van der Waals surface area (Å²) in [6, 6.07) is 16.8. The molecule has 0 bridgehead atoms. The predicted molar refractivity (Wildman–Crippen MR) is 343 cm³/mol. The summed E-state index contributed by atoms with van der Waals surface area (Å²) in [5, 5.41) is 60.6. The maximum Gasteiger partial charge on any atom is 0.414 e. The molecule has 0 saturated carbocycles. The van der Waals surface area contributed by atoms with E-state index in [2.05, 4.69) is 146 Å². The normalized spacial score (nSPS) is 14.9. The lowest BCUT2D eigenvalue weighted by atomic mass is 9.93. The number of nitrogens with zero attached hydrogens (tertiary/aromatic N) is 7. The van der Waals surface area contributed by atoms with Gasteiger partial charge in [-0.25, -0.2) is 20.1 Å². The maximum atomic E-state index is 13.3. The SMILES string of the molecule is Cc1cc(C)cc(-c2[nH]nc(OCC(C)(C)C(=O)N3CCCC3)c2CCN=C(NC(=O)OC(C)C)N2CCC(c3ccncc3)C2)c1.Cc1cc(C)cc(-c2[nH]nc(OCC(C)(C)C(=O)N3CCCC3)c2CCNC(=S)NC(=O)OC(C)C)c1.OOOOOOOOO. The quantitative estimate of drug-likeness (QED) is 0.00714. The molecule has 3 aliphatic rings. The van der Waals surface area contributed by atoms with E-state index in [1.54, 1.807) is 13.8 Å². The summed E-state index contributed by atoms with van der Waals surface area (Å²) in [5.41, 5.74) is 9.88. The smallest absolute Gasteiger partial charge is 0.414 e. The number of aryl methyl sites for hydroxylation is 4. The molecule has 3 saturated heterocycles. The molecule has 29 nitrogen and oxygen atoms in total. The fourth-order valence-corrected chi connectivity index (χ4v) is 11.0. The first-order chi connectivity index (χ1) is 44.4. The molecule has 1 atom stereocenters. The first-order valence-electron chi connectivity index (χ1n) is 30.9. The molecular formula is C63H90N12O17S. The second-order valence-corrected chi connectivity index (χ2v) is 25.1. The Morgan fingerprint density at radius 3 is 1.53 bits per heavy atom. The molecule has 510 valence electrons. The number of H-pyrrole nitrogens is 2. The molecule has 2 aromatic carbocycles. The minimum absolute atomic E-state index is 0.1000. The number of ether oxygens (including phenoxy) is 4. The van der Waals surface area contributed by atoms with Crippen molar-refractivity contribution in [3.05, 3.63) is 99.9 Å². The molecule has 7 N–H and O–H groups in total. The molecule has 6 heterocycles. The number of nitrogens with one attached hydrogen (secondary N) is 5. The van der Waals surface area contributed by atoms with Crippen molar-refractivity contribution >= 4 is 47.3 Å². The van der Waals surface area contributed by atoms with Gasteiger partial charge in [0.1, 0.15) is 13.2 Å². The van der Waals surface area contributed by atoms with Crippen molar-refractivity contribution in [2.75, 3.05) is 65.6 Å². The van der Waals surface area contributed by atoms with E-state index in [-0.39, 0.29) is 42.3 Å². The minimum atomic E-state index is -0.701. The van der Waals surface area contributed by atoms with E-state index in [0.717, 1.165) is 127 Å². The molecular weight excluding hydrogens is 1230 g/mol. The van der Waals surface area contributed by atoms with Gasteiger partial charge in [-0.2, -0.15) is 0 Å². The van der Waals surface area contributed by atoms with Gasteiger partial charge in [0.15, 0.2) is 5.11 Å². The number of aliphatic imine (C=N–C) groups is 1. The summed E-state index contributed by atoms with van der Waals surface area (Å²) < 4.78 is 23.0. The molecule has 0 radical (unpaired) electrons. The van der Waals surface area contributed by atoms with Crippen molar-refractivity contribution in [2.24, 2.45) is 15.8 Å². The van der Waals surface area contributed by atoms with Crippen LogP contribution in [0.4, 0.5) is 9.59 Å². The fourth-order valence-electron chi connectivity index (χ4n) is 10.9. The highest BCUT2D eigenvalue weighted by Crippen LogP contribution is 2.35. The average Bonchev–Trinajstić information content (AvgIpc) is 1.79. The summed E-state index contributed by atoms with van der Waals surface area (Å²) >= 11 is 5.23. The summed E-state index contributed by atoms with van der Waals surface area (Å²) in [6.07, 6.45) is 8.14. The Labute approximate surface area is 546 Å². The number of likely N-dealkylation sites (tertiary alicyclic amines) is 3. The number of carbonyl (C=O) groups excluding carboxylic acids is 4. The number of benzene rings is 2. The average molecular weight is 1320 g/mol. The molecule has 8 rings (SSSR count). The largest absolute Gasteiger partial charge is 0.475 e. The first-order valence-corrected chi connectivity index (χ1v) is 31.3. The van der Waals surface area contributed by atoms with Crippen LogP contribution in [0.1, 0.15) is 132 Å². The van der Waals surface area contributed by atoms with Crippen molar-refractivity contribution in [3.63, 3.8) is 0 Å². The van der Waals surface area contributed by atoms with Crippen LogP contribution in [0.3, 0.4) is 0 Å². The Morgan fingerprint density at radius 2 is 1.08 bits per heavy atom. The molecule has 30 heteroatoms. The van der Waals surface area contributed by atoms with E-state index in [1.807, 2.05) is 75.9 Å². The molecule has 1 unspecified atom stereocenters. The van der Waals surface area contributed by atoms with Gasteiger partial charge >= 0.3 is 12.2 Å². The third-order valence-electron chi connectivity index (χ3n) is 15.0. The minimum Gasteiger partial charge on any atom is -0.475 e. The van der Waals surface area contributed by atoms with Crippen LogP contribution in [0.25, 0.3) is 22.5 Å². The number of hydrogen-bond acceptors (Lipinski definition) is 22. The van der Waals surface area contributed by atoms with Crippen molar-refractivity contribution in [2.45, 2.75) is 146 Å². The standard InChI is InChI=1S/C36H49N7O4.C27H39N5O4S.H2O9/c1-24(2)47-35(45)39-34(43-18-12-28(22-43)27-9-13-37-14-10-27)38-15-11-30-31(29-20-25(3)19-26(4)21-29)40-41-32(30)46-23-36(5,6)33(44)42-16-7-8-17-42;1-17(2)36-26(34)29-25(37)28-10-9-21-22(20-14-18(3)13-19(4)15-20)30-31-23(21)35-16-27(5,6)24(33)32-11-7-8-12-32;1-3-5-7-9-8-6-4-2/h9-10,13-14,19-21,24,28H,7-8,11-12,15-18,22-23H2,1-6H3,(H,40,41)(H,38,39,45);13-15,17H,7-12,16H2,1-6H3,(H,30,31)(H2,28,29,34,37);1-2H. The highest BCUT2D eigenvalue weighted by atomic mass is 32.1. The number of pyridine rings is 1. The van der Waals surface area contributed by atoms with Crippen LogP contribution < -0.4 is 25.4 Å². The van der Waals surface area contributed by atoms with E-state index in [4.69, 9.17) is 46.7 Å². The van der Waals surface area contributed by atoms with Gasteiger partial charge in [0, 0.05) is 92.9 Å². The summed E-state index contributed by atoms with van der Waals surface area (Å²) in [4.78, 5) is 65.9. The number of thiocarbonyl (C=S) groups is 1. The zero-order valence-corrected chi connectivity index (χ0v) is 55.9. The van der Waals surface area contributed by atoms with Crippen LogP contribution in [-0.4, -0.2) is 163 Å². The molecule has 3 aromatic heterocycles. The van der Waals surface area contributed by atoms with Gasteiger partial charge in [-0.15, -0.1) is 10.2 Å². The number of hydrogen-bond donors (Lipinski definition) is 7. The van der Waals surface area contributed by atoms with Crippen LogP contribution in [0.2, 0.25) is 0 Å². The molecule has 3 fully saturated rings. The number of alkyl carbamates (subject to hydrolysis) is 2. The lowest BCUT2D eigenvalue weighted by Crippen LogP contribution is -2.44. The predicted octanol–water partition coefficient (Wildman–Crippen LogP) is 9.45. The maximum absolute atomic E-state index is 13.3. The fraction of sp³-hybridized carbons (Fsp3) is 0.540. The second kappa shape index (κ2) is 36.5. The molecule has 3 aliphatic heterocycles. The zero-order valence-electron chi connectivity index (χ0n) is 55.1. The number of guanidine groups is 1. The molecule has 0 spiro atoms. The molecule has 0 aliphatic carbocycles. The van der Waals surface area contributed by atoms with Gasteiger partial charge in [0.25, 0.3) is 0 Å². The van der Waals surface area contributed by atoms with Crippen LogP contribution in [0.5, 0.6) is 11.8 Å². The zero-order chi connectivity index (χ0) is 67.7. The summed E-state index contributed by atoms with van der Waals surface area (Å²) in [7, 11) is 0. The van der Waals surface area contributed by atoms with Crippen LogP contribution in [0, 0.1) is 38.5 Å². The number of rotatable bonds is 25.